The van der Waals surface area contributed by atoms with Gasteiger partial charge in [-0.25, -0.2) is 0 Å². The van der Waals surface area contributed by atoms with Crippen molar-refractivity contribution in [2.75, 3.05) is 6.61 Å². The number of rotatable bonds is 7. The maximum absolute atomic E-state index is 9.65. The highest BCUT2D eigenvalue weighted by atomic mass is 35.5. The average molecular weight is 334 g/mol. The van der Waals surface area contributed by atoms with Crippen LogP contribution in [0.4, 0.5) is 0 Å². The van der Waals surface area contributed by atoms with Crippen molar-refractivity contribution in [1.29, 1.82) is 0 Å². The Morgan fingerprint density at radius 2 is 2.10 bits per heavy atom. The van der Waals surface area contributed by atoms with Crippen LogP contribution < -0.4 is 5.32 Å². The molecule has 1 fully saturated rings. The van der Waals surface area contributed by atoms with E-state index in [2.05, 4.69) is 19.2 Å². The lowest BCUT2D eigenvalue weighted by molar-refractivity contribution is 0.164. The molecule has 2 atom stereocenters. The first kappa shape index (κ1) is 16.4. The number of aliphatic hydroxyl groups excluding tert-OH is 1. The molecule has 5 heteroatoms. The summed E-state index contributed by atoms with van der Waals surface area (Å²) in [7, 11) is 0. The average Bonchev–Trinajstić information content (AvgIpc) is 3.17. The third-order valence-electron chi connectivity index (χ3n) is 3.45. The van der Waals surface area contributed by atoms with Gasteiger partial charge in [-0.05, 0) is 44.4 Å². The van der Waals surface area contributed by atoms with Crippen molar-refractivity contribution in [3.63, 3.8) is 0 Å². The minimum Gasteiger partial charge on any atom is -0.394 e. The van der Waals surface area contributed by atoms with Crippen molar-refractivity contribution < 1.29 is 5.11 Å². The number of hydrogen-bond donors (Lipinski definition) is 2. The second-order valence-corrected chi connectivity index (χ2v) is 8.17. The van der Waals surface area contributed by atoms with Crippen molar-refractivity contribution in [1.82, 2.24) is 5.32 Å². The van der Waals surface area contributed by atoms with Crippen LogP contribution in [-0.2, 0) is 0 Å². The third kappa shape index (κ3) is 4.81. The number of thioether (sulfide) groups is 1. The second-order valence-electron chi connectivity index (χ2n) is 5.85. The van der Waals surface area contributed by atoms with Gasteiger partial charge in [-0.2, -0.15) is 0 Å². The van der Waals surface area contributed by atoms with Crippen molar-refractivity contribution in [2.24, 2.45) is 0 Å². The van der Waals surface area contributed by atoms with E-state index in [1.54, 1.807) is 11.8 Å². The van der Waals surface area contributed by atoms with Gasteiger partial charge in [0.25, 0.3) is 0 Å². The molecule has 2 N–H and O–H groups in total. The van der Waals surface area contributed by atoms with Crippen molar-refractivity contribution in [3.8, 4) is 0 Å². The Balaban J connectivity index is 1.92. The van der Waals surface area contributed by atoms with Crippen LogP contribution in [0.15, 0.2) is 23.1 Å². The molecule has 1 aromatic carbocycles. The molecule has 0 amide bonds. The first-order valence-corrected chi connectivity index (χ1v) is 8.56. The van der Waals surface area contributed by atoms with Crippen LogP contribution in [-0.4, -0.2) is 28.5 Å². The van der Waals surface area contributed by atoms with Crippen LogP contribution in [0.1, 0.15) is 33.1 Å². The Morgan fingerprint density at radius 3 is 2.65 bits per heavy atom. The smallest absolute Gasteiger partial charge is 0.0611 e. The molecular weight excluding hydrogens is 313 g/mol. The van der Waals surface area contributed by atoms with Crippen LogP contribution in [0.5, 0.6) is 0 Å². The maximum Gasteiger partial charge on any atom is 0.0611 e. The standard InChI is InChI=1S/C15H21Cl2NOS/c1-10(8-15(2,9-19)18-11-3-4-11)20-12-5-6-13(16)14(17)7-12/h5-7,10-11,18-19H,3-4,8-9H2,1-2H3. The Hall–Kier alpha value is 0.0700. The molecule has 1 aliphatic carbocycles. The lowest BCUT2D eigenvalue weighted by Crippen LogP contribution is -2.48. The normalized spacial score (nSPS) is 19.6. The Labute approximate surface area is 135 Å². The van der Waals surface area contributed by atoms with Gasteiger partial charge in [0.05, 0.1) is 16.7 Å². The summed E-state index contributed by atoms with van der Waals surface area (Å²) < 4.78 is 0. The number of aliphatic hydroxyl groups is 1. The van der Waals surface area contributed by atoms with Crippen LogP contribution in [0.25, 0.3) is 0 Å². The summed E-state index contributed by atoms with van der Waals surface area (Å²) >= 11 is 13.7. The molecule has 2 nitrogen and oxygen atoms in total. The molecule has 1 aliphatic rings. The SMILES string of the molecule is CC(CC(C)(CO)NC1CC1)Sc1ccc(Cl)c(Cl)c1. The molecule has 0 bridgehead atoms. The van der Waals surface area contributed by atoms with E-state index in [1.807, 2.05) is 18.2 Å². The predicted octanol–water partition coefficient (Wildman–Crippen LogP) is 4.37. The highest BCUT2D eigenvalue weighted by Crippen LogP contribution is 2.33. The predicted molar refractivity (Wildman–Crippen MR) is 88.0 cm³/mol. The lowest BCUT2D eigenvalue weighted by atomic mass is 9.97. The van der Waals surface area contributed by atoms with Crippen LogP contribution in [0.2, 0.25) is 10.0 Å². The molecular formula is C15H21Cl2NOS. The van der Waals surface area contributed by atoms with E-state index in [1.165, 1.54) is 12.8 Å². The van der Waals surface area contributed by atoms with Gasteiger partial charge < -0.3 is 10.4 Å². The summed E-state index contributed by atoms with van der Waals surface area (Å²) in [6, 6.07) is 6.30. The highest BCUT2D eigenvalue weighted by molar-refractivity contribution is 8.00. The minimum atomic E-state index is -0.205. The monoisotopic (exact) mass is 333 g/mol. The summed E-state index contributed by atoms with van der Waals surface area (Å²) in [5.41, 5.74) is -0.205. The van der Waals surface area contributed by atoms with E-state index in [4.69, 9.17) is 23.2 Å². The molecule has 112 valence electrons. The van der Waals surface area contributed by atoms with Crippen molar-refractivity contribution >= 4 is 35.0 Å². The second kappa shape index (κ2) is 6.89. The third-order valence-corrected chi connectivity index (χ3v) is 5.28. The zero-order chi connectivity index (χ0) is 14.8. The van der Waals surface area contributed by atoms with E-state index in [0.717, 1.165) is 11.3 Å². The quantitative estimate of drug-likeness (QED) is 0.727. The Bertz CT molecular complexity index is 467. The molecule has 0 aliphatic heterocycles. The fourth-order valence-corrected chi connectivity index (χ4v) is 3.96. The molecule has 0 radical (unpaired) electrons. The van der Waals surface area contributed by atoms with Gasteiger partial charge in [0.15, 0.2) is 0 Å². The van der Waals surface area contributed by atoms with Gasteiger partial charge in [0, 0.05) is 21.7 Å². The topological polar surface area (TPSA) is 32.3 Å². The number of nitrogens with one attached hydrogen (secondary N) is 1. The van der Waals surface area contributed by atoms with Gasteiger partial charge >= 0.3 is 0 Å². The van der Waals surface area contributed by atoms with Crippen LogP contribution >= 0.6 is 35.0 Å². The van der Waals surface area contributed by atoms with Gasteiger partial charge in [0.1, 0.15) is 0 Å². The molecule has 0 spiro atoms. The Kier molecular flexibility index (Phi) is 5.66. The molecule has 1 aromatic rings. The maximum atomic E-state index is 9.65. The van der Waals surface area contributed by atoms with Gasteiger partial charge in [-0.15, -0.1) is 11.8 Å². The summed E-state index contributed by atoms with van der Waals surface area (Å²) in [5, 5.41) is 14.7. The molecule has 20 heavy (non-hydrogen) atoms. The lowest BCUT2D eigenvalue weighted by Gasteiger charge is -2.31. The molecule has 0 saturated heterocycles. The van der Waals surface area contributed by atoms with Crippen LogP contribution in [0.3, 0.4) is 0 Å². The Morgan fingerprint density at radius 1 is 1.40 bits per heavy atom. The van der Waals surface area contributed by atoms with E-state index < -0.39 is 0 Å². The van der Waals surface area contributed by atoms with E-state index in [9.17, 15) is 5.11 Å². The fourth-order valence-electron chi connectivity index (χ4n) is 2.35. The fraction of sp³-hybridized carbons (Fsp3) is 0.600. The molecule has 2 unspecified atom stereocenters. The molecule has 0 aromatic heterocycles. The summed E-state index contributed by atoms with van der Waals surface area (Å²) in [4.78, 5) is 1.11. The molecule has 1 saturated carbocycles. The first-order chi connectivity index (χ1) is 9.42. The summed E-state index contributed by atoms with van der Waals surface area (Å²) in [5.74, 6) is 0. The van der Waals surface area contributed by atoms with Crippen molar-refractivity contribution in [3.05, 3.63) is 28.2 Å². The first-order valence-electron chi connectivity index (χ1n) is 6.92. The largest absolute Gasteiger partial charge is 0.394 e. The van der Waals surface area contributed by atoms with E-state index >= 15 is 0 Å². The van der Waals surface area contributed by atoms with E-state index in [0.29, 0.717) is 21.3 Å². The summed E-state index contributed by atoms with van der Waals surface area (Å²) in [6.07, 6.45) is 3.36. The minimum absolute atomic E-state index is 0.162. The number of hydrogen-bond acceptors (Lipinski definition) is 3. The van der Waals surface area contributed by atoms with Crippen molar-refractivity contribution in [2.45, 2.75) is 54.8 Å². The van der Waals surface area contributed by atoms with Gasteiger partial charge in [-0.1, -0.05) is 30.1 Å². The highest BCUT2D eigenvalue weighted by Gasteiger charge is 2.33. The van der Waals surface area contributed by atoms with E-state index in [-0.39, 0.29) is 12.1 Å². The van der Waals surface area contributed by atoms with Gasteiger partial charge in [0.2, 0.25) is 0 Å². The number of halogens is 2. The molecule has 0 heterocycles. The zero-order valence-electron chi connectivity index (χ0n) is 11.8. The van der Waals surface area contributed by atoms with Crippen LogP contribution in [0, 0.1) is 0 Å². The number of benzene rings is 1. The summed E-state index contributed by atoms with van der Waals surface area (Å²) in [6.45, 7) is 4.43. The van der Waals surface area contributed by atoms with Gasteiger partial charge in [-0.3, -0.25) is 0 Å². The zero-order valence-corrected chi connectivity index (χ0v) is 14.2. The molecule has 2 rings (SSSR count).